The fourth-order valence-corrected chi connectivity index (χ4v) is 2.04. The molecule has 0 spiro atoms. The van der Waals surface area contributed by atoms with E-state index in [1.165, 1.54) is 0 Å². The molecule has 2 rings (SSSR count). The van der Waals surface area contributed by atoms with Gasteiger partial charge in [0.2, 0.25) is 5.91 Å². The highest BCUT2D eigenvalue weighted by molar-refractivity contribution is 5.92. The van der Waals surface area contributed by atoms with E-state index in [9.17, 15) is 9.59 Å². The zero-order chi connectivity index (χ0) is 17.6. The molecule has 2 aromatic rings. The van der Waals surface area contributed by atoms with Crippen LogP contribution in [0.3, 0.4) is 0 Å². The van der Waals surface area contributed by atoms with Crippen molar-refractivity contribution in [3.63, 3.8) is 0 Å². The summed E-state index contributed by atoms with van der Waals surface area (Å²) < 4.78 is 5.19. The minimum Gasteiger partial charge on any atom is -0.444 e. The molecule has 0 unspecified atom stereocenters. The maximum atomic E-state index is 12.0. The topological polar surface area (TPSA) is 67.4 Å². The minimum atomic E-state index is -0.542. The van der Waals surface area contributed by atoms with Crippen molar-refractivity contribution in [3.8, 4) is 0 Å². The van der Waals surface area contributed by atoms with Gasteiger partial charge in [-0.1, -0.05) is 30.3 Å². The molecule has 24 heavy (non-hydrogen) atoms. The van der Waals surface area contributed by atoms with Gasteiger partial charge in [-0.3, -0.25) is 10.1 Å². The molecule has 0 bridgehead atoms. The summed E-state index contributed by atoms with van der Waals surface area (Å²) in [5.74, 6) is -0.0888. The van der Waals surface area contributed by atoms with Gasteiger partial charge in [0.1, 0.15) is 5.60 Å². The molecular weight excluding hydrogens is 304 g/mol. The van der Waals surface area contributed by atoms with Gasteiger partial charge in [-0.05, 0) is 50.6 Å². The SMILES string of the molecule is CC(C)(C)OC(=O)Nc1ccc(CC(=O)Nc2ccccc2)cc1. The maximum absolute atomic E-state index is 12.0. The summed E-state index contributed by atoms with van der Waals surface area (Å²) >= 11 is 0. The minimum absolute atomic E-state index is 0.0888. The van der Waals surface area contributed by atoms with E-state index in [-0.39, 0.29) is 12.3 Å². The Morgan fingerprint density at radius 1 is 0.875 bits per heavy atom. The first-order chi connectivity index (χ1) is 11.3. The zero-order valence-electron chi connectivity index (χ0n) is 14.1. The van der Waals surface area contributed by atoms with E-state index in [2.05, 4.69) is 10.6 Å². The lowest BCUT2D eigenvalue weighted by molar-refractivity contribution is -0.115. The van der Waals surface area contributed by atoms with Gasteiger partial charge in [-0.2, -0.15) is 0 Å². The van der Waals surface area contributed by atoms with Crippen molar-refractivity contribution in [1.82, 2.24) is 0 Å². The Morgan fingerprint density at radius 3 is 2.04 bits per heavy atom. The highest BCUT2D eigenvalue weighted by atomic mass is 16.6. The van der Waals surface area contributed by atoms with E-state index >= 15 is 0 Å². The van der Waals surface area contributed by atoms with Crippen molar-refractivity contribution in [3.05, 3.63) is 60.2 Å². The number of hydrogen-bond acceptors (Lipinski definition) is 3. The van der Waals surface area contributed by atoms with E-state index in [0.29, 0.717) is 5.69 Å². The van der Waals surface area contributed by atoms with Gasteiger partial charge in [-0.25, -0.2) is 4.79 Å². The Hall–Kier alpha value is -2.82. The second kappa shape index (κ2) is 7.64. The fraction of sp³-hybridized carbons (Fsp3) is 0.263. The molecule has 0 aliphatic carbocycles. The highest BCUT2D eigenvalue weighted by Gasteiger charge is 2.16. The maximum Gasteiger partial charge on any atom is 0.412 e. The van der Waals surface area contributed by atoms with Crippen molar-refractivity contribution in [2.45, 2.75) is 32.8 Å². The average Bonchev–Trinajstić information content (AvgIpc) is 2.48. The Morgan fingerprint density at radius 2 is 1.46 bits per heavy atom. The number of para-hydroxylation sites is 1. The predicted molar refractivity (Wildman–Crippen MR) is 95.1 cm³/mol. The Balaban J connectivity index is 1.87. The normalized spacial score (nSPS) is 10.8. The van der Waals surface area contributed by atoms with Crippen LogP contribution in [0.2, 0.25) is 0 Å². The largest absolute Gasteiger partial charge is 0.444 e. The van der Waals surface area contributed by atoms with Crippen LogP contribution in [0.1, 0.15) is 26.3 Å². The van der Waals surface area contributed by atoms with E-state index in [4.69, 9.17) is 4.74 Å². The monoisotopic (exact) mass is 326 g/mol. The molecule has 0 aromatic heterocycles. The van der Waals surface area contributed by atoms with Crippen LogP contribution in [0.15, 0.2) is 54.6 Å². The van der Waals surface area contributed by atoms with Crippen LogP contribution in [0, 0.1) is 0 Å². The number of benzene rings is 2. The summed E-state index contributed by atoms with van der Waals surface area (Å²) in [6, 6.07) is 16.4. The second-order valence-corrected chi connectivity index (χ2v) is 6.41. The van der Waals surface area contributed by atoms with Gasteiger partial charge in [0.05, 0.1) is 6.42 Å². The number of amides is 2. The summed E-state index contributed by atoms with van der Waals surface area (Å²) in [5, 5.41) is 5.49. The van der Waals surface area contributed by atoms with Crippen LogP contribution in [-0.2, 0) is 16.0 Å². The van der Waals surface area contributed by atoms with E-state index < -0.39 is 11.7 Å². The number of carbonyl (C=O) groups is 2. The molecule has 0 heterocycles. The first kappa shape index (κ1) is 17.5. The molecule has 0 fully saturated rings. The molecule has 2 amide bonds. The summed E-state index contributed by atoms with van der Waals surface area (Å²) in [4.78, 5) is 23.7. The van der Waals surface area contributed by atoms with Gasteiger partial charge in [0.15, 0.2) is 0 Å². The third-order valence-electron chi connectivity index (χ3n) is 3.02. The molecule has 5 nitrogen and oxygen atoms in total. The van der Waals surface area contributed by atoms with Crippen molar-refractivity contribution in [2.24, 2.45) is 0 Å². The molecule has 0 radical (unpaired) electrons. The number of rotatable bonds is 4. The number of nitrogens with one attached hydrogen (secondary N) is 2. The lowest BCUT2D eigenvalue weighted by atomic mass is 10.1. The molecule has 0 aliphatic heterocycles. The van der Waals surface area contributed by atoms with E-state index in [1.807, 2.05) is 30.3 Å². The van der Waals surface area contributed by atoms with Crippen LogP contribution in [0.5, 0.6) is 0 Å². The summed E-state index contributed by atoms with van der Waals surface area (Å²) in [6.07, 6.45) is -0.237. The summed E-state index contributed by atoms with van der Waals surface area (Å²) in [5.41, 5.74) is 1.71. The highest BCUT2D eigenvalue weighted by Crippen LogP contribution is 2.14. The van der Waals surface area contributed by atoms with Crippen LogP contribution in [-0.4, -0.2) is 17.6 Å². The van der Waals surface area contributed by atoms with Gasteiger partial charge >= 0.3 is 6.09 Å². The summed E-state index contributed by atoms with van der Waals surface area (Å²) in [7, 11) is 0. The third-order valence-corrected chi connectivity index (χ3v) is 3.02. The van der Waals surface area contributed by atoms with E-state index in [0.717, 1.165) is 11.3 Å². The lowest BCUT2D eigenvalue weighted by Crippen LogP contribution is -2.27. The quantitative estimate of drug-likeness (QED) is 0.884. The number of anilines is 2. The summed E-state index contributed by atoms with van der Waals surface area (Å²) in [6.45, 7) is 5.42. The lowest BCUT2D eigenvalue weighted by Gasteiger charge is -2.19. The Bertz CT molecular complexity index is 689. The van der Waals surface area contributed by atoms with Crippen LogP contribution >= 0.6 is 0 Å². The molecule has 2 N–H and O–H groups in total. The standard InChI is InChI=1S/C19H22N2O3/c1-19(2,3)24-18(23)21-16-11-9-14(10-12-16)13-17(22)20-15-7-5-4-6-8-15/h4-12H,13H2,1-3H3,(H,20,22)(H,21,23). The van der Waals surface area contributed by atoms with E-state index in [1.54, 1.807) is 45.0 Å². The van der Waals surface area contributed by atoms with Crippen molar-refractivity contribution >= 4 is 23.4 Å². The van der Waals surface area contributed by atoms with Crippen molar-refractivity contribution in [2.75, 3.05) is 10.6 Å². The number of ether oxygens (including phenoxy) is 1. The van der Waals surface area contributed by atoms with Crippen LogP contribution < -0.4 is 10.6 Å². The third kappa shape index (κ3) is 6.12. The Labute approximate surface area is 142 Å². The average molecular weight is 326 g/mol. The van der Waals surface area contributed by atoms with Gasteiger partial charge in [0, 0.05) is 11.4 Å². The van der Waals surface area contributed by atoms with Gasteiger partial charge in [0.25, 0.3) is 0 Å². The molecule has 0 aliphatic rings. The number of carbonyl (C=O) groups excluding carboxylic acids is 2. The smallest absolute Gasteiger partial charge is 0.412 e. The van der Waals surface area contributed by atoms with Crippen molar-refractivity contribution < 1.29 is 14.3 Å². The first-order valence-electron chi connectivity index (χ1n) is 7.76. The van der Waals surface area contributed by atoms with Crippen LogP contribution in [0.25, 0.3) is 0 Å². The molecular formula is C19H22N2O3. The molecule has 0 atom stereocenters. The molecule has 126 valence electrons. The molecule has 0 saturated heterocycles. The van der Waals surface area contributed by atoms with Crippen LogP contribution in [0.4, 0.5) is 16.2 Å². The zero-order valence-corrected chi connectivity index (χ0v) is 14.1. The van der Waals surface area contributed by atoms with Gasteiger partial charge < -0.3 is 10.1 Å². The van der Waals surface area contributed by atoms with Crippen molar-refractivity contribution in [1.29, 1.82) is 0 Å². The fourth-order valence-electron chi connectivity index (χ4n) is 2.04. The molecule has 0 saturated carbocycles. The first-order valence-corrected chi connectivity index (χ1v) is 7.76. The molecule has 5 heteroatoms. The predicted octanol–water partition coefficient (Wildman–Crippen LogP) is 4.21. The molecule has 2 aromatic carbocycles. The second-order valence-electron chi connectivity index (χ2n) is 6.41. The van der Waals surface area contributed by atoms with Gasteiger partial charge in [-0.15, -0.1) is 0 Å². The number of hydrogen-bond donors (Lipinski definition) is 2. The Kier molecular flexibility index (Phi) is 5.58.